The highest BCUT2D eigenvalue weighted by atomic mass is 16.5. The van der Waals surface area contributed by atoms with Crippen LogP contribution in [0.5, 0.6) is 11.5 Å². The Bertz CT molecular complexity index is 1040. The Hall–Kier alpha value is -3.39. The van der Waals surface area contributed by atoms with Gasteiger partial charge in [-0.15, -0.1) is 0 Å². The van der Waals surface area contributed by atoms with Crippen molar-refractivity contribution in [3.8, 4) is 11.5 Å². The number of hydrogen-bond acceptors (Lipinski definition) is 6. The van der Waals surface area contributed by atoms with E-state index in [4.69, 9.17) is 14.2 Å². The number of fused-ring (bicyclic) bond motifs is 1. The van der Waals surface area contributed by atoms with Gasteiger partial charge in [-0.2, -0.15) is 0 Å². The Morgan fingerprint density at radius 1 is 1.07 bits per heavy atom. The van der Waals surface area contributed by atoms with Crippen LogP contribution in [0.1, 0.15) is 16.2 Å². The van der Waals surface area contributed by atoms with E-state index in [1.807, 2.05) is 6.07 Å². The maximum atomic E-state index is 13.2. The number of rotatable bonds is 8. The molecule has 0 fully saturated rings. The lowest BCUT2D eigenvalue weighted by atomic mass is 10.1. The van der Waals surface area contributed by atoms with Crippen molar-refractivity contribution in [3.05, 3.63) is 64.2 Å². The van der Waals surface area contributed by atoms with Gasteiger partial charge < -0.3 is 24.1 Å². The van der Waals surface area contributed by atoms with Crippen molar-refractivity contribution in [2.24, 2.45) is 0 Å². The van der Waals surface area contributed by atoms with E-state index in [0.29, 0.717) is 46.9 Å². The first kappa shape index (κ1) is 20.3. The molecule has 0 aliphatic heterocycles. The van der Waals surface area contributed by atoms with Crippen molar-refractivity contribution in [3.63, 3.8) is 0 Å². The van der Waals surface area contributed by atoms with Crippen molar-refractivity contribution in [1.29, 1.82) is 0 Å². The normalized spacial score (nSPS) is 10.7. The summed E-state index contributed by atoms with van der Waals surface area (Å²) >= 11 is 0. The van der Waals surface area contributed by atoms with Gasteiger partial charge in [0, 0.05) is 25.3 Å². The highest BCUT2D eigenvalue weighted by molar-refractivity contribution is 5.95. The molecule has 0 spiro atoms. The highest BCUT2D eigenvalue weighted by Crippen LogP contribution is 2.24. The number of nitrogens with zero attached hydrogens (tertiary/aromatic N) is 2. The summed E-state index contributed by atoms with van der Waals surface area (Å²) in [6, 6.07) is 12.0. The largest absolute Gasteiger partial charge is 0.497 e. The number of H-pyrrole nitrogens is 1. The number of carbonyl (C=O) groups is 1. The molecule has 1 N–H and O–H groups in total. The molecule has 152 valence electrons. The van der Waals surface area contributed by atoms with E-state index in [1.165, 1.54) is 14.2 Å². The van der Waals surface area contributed by atoms with Crippen LogP contribution < -0.4 is 15.0 Å². The summed E-state index contributed by atoms with van der Waals surface area (Å²) in [7, 11) is 4.61. The molecule has 3 rings (SSSR count). The van der Waals surface area contributed by atoms with E-state index in [1.54, 1.807) is 48.4 Å². The molecule has 29 heavy (non-hydrogen) atoms. The molecule has 1 heterocycles. The number of methoxy groups -OCH3 is 3. The zero-order valence-corrected chi connectivity index (χ0v) is 16.6. The molecule has 0 saturated heterocycles. The van der Waals surface area contributed by atoms with Crippen molar-refractivity contribution >= 4 is 16.8 Å². The Kier molecular flexibility index (Phi) is 6.46. The van der Waals surface area contributed by atoms with Crippen molar-refractivity contribution in [2.75, 3.05) is 34.5 Å². The molecule has 0 radical (unpaired) electrons. The number of aromatic amines is 1. The van der Waals surface area contributed by atoms with Crippen molar-refractivity contribution in [1.82, 2.24) is 14.9 Å². The molecule has 0 aliphatic carbocycles. The van der Waals surface area contributed by atoms with Gasteiger partial charge in [0.2, 0.25) is 0 Å². The number of hydrogen-bond donors (Lipinski definition) is 1. The van der Waals surface area contributed by atoms with Crippen LogP contribution in [-0.2, 0) is 11.3 Å². The topological polar surface area (TPSA) is 93.8 Å². The third kappa shape index (κ3) is 4.72. The number of nitrogens with one attached hydrogen (secondary N) is 1. The third-order valence-corrected chi connectivity index (χ3v) is 4.45. The minimum atomic E-state index is -0.255. The number of aromatic nitrogens is 2. The molecule has 1 aromatic heterocycles. The van der Waals surface area contributed by atoms with Gasteiger partial charge in [0.1, 0.15) is 17.3 Å². The van der Waals surface area contributed by atoms with E-state index in [9.17, 15) is 9.59 Å². The average molecular weight is 397 g/mol. The summed E-state index contributed by atoms with van der Waals surface area (Å²) < 4.78 is 15.7. The van der Waals surface area contributed by atoms with Crippen LogP contribution in [0.25, 0.3) is 10.9 Å². The van der Waals surface area contributed by atoms with E-state index < -0.39 is 0 Å². The second-order valence-electron chi connectivity index (χ2n) is 6.35. The summed E-state index contributed by atoms with van der Waals surface area (Å²) in [5, 5.41) is 0.503. The fourth-order valence-corrected chi connectivity index (χ4v) is 2.96. The third-order valence-electron chi connectivity index (χ3n) is 4.45. The monoisotopic (exact) mass is 397 g/mol. The lowest BCUT2D eigenvalue weighted by Gasteiger charge is -2.22. The van der Waals surface area contributed by atoms with Crippen LogP contribution in [0.4, 0.5) is 0 Å². The standard InChI is InChI=1S/C21H23N3O5/c1-27-9-8-24(21(26)14-10-15(28-2)12-16(11-14)29-3)13-19-22-18-7-5-4-6-17(18)20(25)23-19/h4-7,10-12H,8-9,13H2,1-3H3,(H,22,23,25). The van der Waals surface area contributed by atoms with Crippen LogP contribution in [0.15, 0.2) is 47.3 Å². The zero-order valence-electron chi connectivity index (χ0n) is 16.6. The lowest BCUT2D eigenvalue weighted by Crippen LogP contribution is -2.34. The predicted octanol–water partition coefficient (Wildman–Crippen LogP) is 2.23. The molecule has 8 nitrogen and oxygen atoms in total. The van der Waals surface area contributed by atoms with E-state index in [-0.39, 0.29) is 18.0 Å². The maximum absolute atomic E-state index is 13.2. The van der Waals surface area contributed by atoms with Crippen LogP contribution >= 0.6 is 0 Å². The average Bonchev–Trinajstić information content (AvgIpc) is 2.75. The Balaban J connectivity index is 1.94. The second-order valence-corrected chi connectivity index (χ2v) is 6.35. The number of benzene rings is 2. The van der Waals surface area contributed by atoms with Gasteiger partial charge in [-0.1, -0.05) is 12.1 Å². The number of carbonyl (C=O) groups excluding carboxylic acids is 1. The van der Waals surface area contributed by atoms with Gasteiger partial charge in [0.05, 0.1) is 38.3 Å². The van der Waals surface area contributed by atoms with E-state index in [0.717, 1.165) is 0 Å². The lowest BCUT2D eigenvalue weighted by molar-refractivity contribution is 0.0674. The van der Waals surface area contributed by atoms with Gasteiger partial charge in [0.25, 0.3) is 11.5 Å². The quantitative estimate of drug-likeness (QED) is 0.627. The molecule has 1 amide bonds. The zero-order chi connectivity index (χ0) is 20.8. The second kappa shape index (κ2) is 9.20. The minimum absolute atomic E-state index is 0.127. The van der Waals surface area contributed by atoms with Gasteiger partial charge in [-0.05, 0) is 24.3 Å². The van der Waals surface area contributed by atoms with Gasteiger partial charge in [0.15, 0.2) is 0 Å². The van der Waals surface area contributed by atoms with Crippen LogP contribution in [0, 0.1) is 0 Å². The summed E-state index contributed by atoms with van der Waals surface area (Å²) in [6.07, 6.45) is 0. The summed E-state index contributed by atoms with van der Waals surface area (Å²) in [4.78, 5) is 34.3. The number of para-hydroxylation sites is 1. The van der Waals surface area contributed by atoms with E-state index >= 15 is 0 Å². The van der Waals surface area contributed by atoms with E-state index in [2.05, 4.69) is 9.97 Å². The summed E-state index contributed by atoms with van der Waals surface area (Å²) in [5.74, 6) is 1.16. The van der Waals surface area contributed by atoms with Gasteiger partial charge >= 0.3 is 0 Å². The van der Waals surface area contributed by atoms with Crippen molar-refractivity contribution in [2.45, 2.75) is 6.54 Å². The SMILES string of the molecule is COCCN(Cc1nc2ccccc2c(=O)[nH]1)C(=O)c1cc(OC)cc(OC)c1. The van der Waals surface area contributed by atoms with Crippen molar-refractivity contribution < 1.29 is 19.0 Å². The Morgan fingerprint density at radius 3 is 2.41 bits per heavy atom. The number of ether oxygens (including phenoxy) is 3. The molecular weight excluding hydrogens is 374 g/mol. The molecule has 2 aromatic carbocycles. The first-order chi connectivity index (χ1) is 14.0. The maximum Gasteiger partial charge on any atom is 0.258 e. The fraction of sp³-hybridized carbons (Fsp3) is 0.286. The smallest absolute Gasteiger partial charge is 0.258 e. The van der Waals surface area contributed by atoms with Crippen LogP contribution in [0.3, 0.4) is 0 Å². The number of amides is 1. The molecule has 8 heteroatoms. The Morgan fingerprint density at radius 2 is 1.76 bits per heavy atom. The molecular formula is C21H23N3O5. The first-order valence-electron chi connectivity index (χ1n) is 9.05. The fourth-order valence-electron chi connectivity index (χ4n) is 2.96. The van der Waals surface area contributed by atoms with Crippen LogP contribution in [0.2, 0.25) is 0 Å². The predicted molar refractivity (Wildman–Crippen MR) is 109 cm³/mol. The molecule has 0 aliphatic rings. The Labute approximate surface area is 168 Å². The molecule has 0 bridgehead atoms. The minimum Gasteiger partial charge on any atom is -0.497 e. The molecule has 0 atom stereocenters. The molecule has 3 aromatic rings. The van der Waals surface area contributed by atoms with Gasteiger partial charge in [-0.25, -0.2) is 4.98 Å². The van der Waals surface area contributed by atoms with Gasteiger partial charge in [-0.3, -0.25) is 9.59 Å². The highest BCUT2D eigenvalue weighted by Gasteiger charge is 2.19. The summed E-state index contributed by atoms with van der Waals surface area (Å²) in [6.45, 7) is 0.790. The molecule has 0 saturated carbocycles. The molecule has 0 unspecified atom stereocenters. The first-order valence-corrected chi connectivity index (χ1v) is 9.05. The van der Waals surface area contributed by atoms with Crippen LogP contribution in [-0.4, -0.2) is 55.3 Å². The summed E-state index contributed by atoms with van der Waals surface area (Å²) in [5.41, 5.74) is 0.738.